The Balaban J connectivity index is 1.09. The zero-order chi connectivity index (χ0) is 34.1. The first-order valence-corrected chi connectivity index (χ1v) is 16.3. The van der Waals surface area contributed by atoms with Crippen molar-refractivity contribution in [2.24, 2.45) is 11.8 Å². The topological polar surface area (TPSA) is 103 Å². The van der Waals surface area contributed by atoms with E-state index in [1.807, 2.05) is 61.5 Å². The summed E-state index contributed by atoms with van der Waals surface area (Å²) in [6.45, 7) is 3.88. The van der Waals surface area contributed by atoms with Crippen LogP contribution in [0.3, 0.4) is 0 Å². The van der Waals surface area contributed by atoms with Crippen molar-refractivity contribution >= 4 is 40.2 Å². The molecule has 49 heavy (non-hydrogen) atoms. The van der Waals surface area contributed by atoms with Crippen LogP contribution in [0.1, 0.15) is 51.6 Å². The molecule has 8 nitrogen and oxygen atoms in total. The summed E-state index contributed by atoms with van der Waals surface area (Å²) in [5, 5.41) is 0.606. The van der Waals surface area contributed by atoms with E-state index < -0.39 is 12.1 Å². The van der Waals surface area contributed by atoms with E-state index in [4.69, 9.17) is 14.5 Å². The van der Waals surface area contributed by atoms with Gasteiger partial charge in [0.1, 0.15) is 12.4 Å². The molecule has 1 saturated heterocycles. The third-order valence-electron chi connectivity index (χ3n) is 9.23. The van der Waals surface area contributed by atoms with Gasteiger partial charge in [-0.25, -0.2) is 9.78 Å². The van der Waals surface area contributed by atoms with Gasteiger partial charge in [-0.3, -0.25) is 19.3 Å². The van der Waals surface area contributed by atoms with Crippen LogP contribution in [0, 0.1) is 18.8 Å². The summed E-state index contributed by atoms with van der Waals surface area (Å²) in [6, 6.07) is 30.8. The number of imide groups is 1. The molecule has 1 aliphatic carbocycles. The Labute approximate surface area is 284 Å². The normalized spacial score (nSPS) is 17.6. The maximum atomic E-state index is 13.7. The molecule has 2 amide bonds. The van der Waals surface area contributed by atoms with Gasteiger partial charge in [0.25, 0.3) is 0 Å². The van der Waals surface area contributed by atoms with Crippen molar-refractivity contribution in [2.45, 2.75) is 39.4 Å². The number of esters is 1. The number of nitrogens with zero attached hydrogens (tertiary/aromatic N) is 2. The Morgan fingerprint density at radius 1 is 0.837 bits per heavy atom. The van der Waals surface area contributed by atoms with Crippen molar-refractivity contribution in [1.29, 1.82) is 0 Å². The van der Waals surface area contributed by atoms with Crippen molar-refractivity contribution in [3.63, 3.8) is 0 Å². The Hall–Kier alpha value is -5.89. The van der Waals surface area contributed by atoms with Crippen LogP contribution >= 0.6 is 0 Å². The first kappa shape index (κ1) is 31.7. The smallest absolute Gasteiger partial charge is 0.339 e. The van der Waals surface area contributed by atoms with E-state index >= 15 is 0 Å². The molecule has 7 rings (SSSR count). The number of allylic oxidation sites excluding steroid dienone is 2. The highest BCUT2D eigenvalue weighted by molar-refractivity contribution is 6.22. The molecular weight excluding hydrogens is 616 g/mol. The zero-order valence-corrected chi connectivity index (χ0v) is 27.2. The Kier molecular flexibility index (Phi) is 8.61. The summed E-state index contributed by atoms with van der Waals surface area (Å²) in [5.74, 6) is -1.34. The molecule has 2 heterocycles. The second kappa shape index (κ2) is 13.3. The molecule has 1 fully saturated rings. The fraction of sp³-hybridized carbons (Fsp3) is 0.195. The monoisotopic (exact) mass is 650 g/mol. The van der Waals surface area contributed by atoms with Crippen LogP contribution in [0.2, 0.25) is 0 Å². The fourth-order valence-electron chi connectivity index (χ4n) is 6.51. The molecule has 1 aromatic heterocycles. The summed E-state index contributed by atoms with van der Waals surface area (Å²) in [7, 11) is 0. The number of ketones is 1. The SMILES string of the molecule is Cc1cccc2c(C(=O)OC(C)C(=O)c3ccc(OCc4ccccc4)cc3)cc(-c3ccc(N4C(=O)C5CC=CCC5C4=O)cc3)nc12. The third-order valence-corrected chi connectivity index (χ3v) is 9.23. The number of amides is 2. The van der Waals surface area contributed by atoms with Crippen molar-refractivity contribution in [3.05, 3.63) is 138 Å². The Bertz CT molecular complexity index is 2080. The summed E-state index contributed by atoms with van der Waals surface area (Å²) in [6.07, 6.45) is 4.03. The number of hydrogen-bond donors (Lipinski definition) is 0. The quantitative estimate of drug-likeness (QED) is 0.0698. The van der Waals surface area contributed by atoms with Gasteiger partial charge in [-0.05, 0) is 80.3 Å². The molecule has 0 saturated carbocycles. The number of carbonyl (C=O) groups is 4. The molecule has 0 bridgehead atoms. The number of hydrogen-bond acceptors (Lipinski definition) is 7. The van der Waals surface area contributed by atoms with Gasteiger partial charge in [-0.2, -0.15) is 0 Å². The molecule has 1 aliphatic heterocycles. The van der Waals surface area contributed by atoms with Gasteiger partial charge < -0.3 is 9.47 Å². The highest BCUT2D eigenvalue weighted by Crippen LogP contribution is 2.38. The van der Waals surface area contributed by atoms with Gasteiger partial charge in [0.2, 0.25) is 17.6 Å². The number of fused-ring (bicyclic) bond motifs is 2. The Morgan fingerprint density at radius 3 is 2.18 bits per heavy atom. The molecule has 5 aromatic rings. The van der Waals surface area contributed by atoms with Crippen molar-refractivity contribution in [1.82, 2.24) is 4.98 Å². The number of Topliss-reactive ketones (excluding diaryl/α,β-unsaturated/α-hetero) is 1. The van der Waals surface area contributed by atoms with E-state index in [-0.39, 0.29) is 35.0 Å². The molecule has 0 N–H and O–H groups in total. The number of carbonyl (C=O) groups excluding carboxylic acids is 4. The lowest BCUT2D eigenvalue weighted by Gasteiger charge is -2.16. The molecule has 3 atom stereocenters. The van der Waals surface area contributed by atoms with E-state index in [0.29, 0.717) is 58.6 Å². The number of rotatable bonds is 9. The van der Waals surface area contributed by atoms with Crippen LogP contribution in [0.15, 0.2) is 115 Å². The van der Waals surface area contributed by atoms with E-state index in [2.05, 4.69) is 0 Å². The molecule has 2 aliphatic rings. The molecule has 0 radical (unpaired) electrons. The standard InChI is InChI=1S/C41H34N2O6/c1-25-9-8-14-32-35(41(47)49-26(2)38(44)29-17-21-31(22-18-29)48-24-27-10-4-3-5-11-27)23-36(42-37(25)32)28-15-19-30(20-16-28)43-39(45)33-12-6-7-13-34(33)40(43)46/h3-11,14-23,26,33-34H,12-13,24H2,1-2H3. The number of aryl methyl sites for hydroxylation is 1. The number of ether oxygens (including phenoxy) is 2. The van der Waals surface area contributed by atoms with Crippen molar-refractivity contribution < 1.29 is 28.7 Å². The van der Waals surface area contributed by atoms with E-state index in [9.17, 15) is 19.2 Å². The van der Waals surface area contributed by atoms with Gasteiger partial charge in [0.05, 0.1) is 34.3 Å². The first-order chi connectivity index (χ1) is 23.8. The number of aromatic nitrogens is 1. The molecule has 3 unspecified atom stereocenters. The number of anilines is 1. The van der Waals surface area contributed by atoms with Crippen LogP contribution in [-0.2, 0) is 20.9 Å². The fourth-order valence-corrected chi connectivity index (χ4v) is 6.51. The molecule has 0 spiro atoms. The average Bonchev–Trinajstić information content (AvgIpc) is 3.39. The van der Waals surface area contributed by atoms with Gasteiger partial charge in [-0.1, -0.05) is 72.8 Å². The highest BCUT2D eigenvalue weighted by Gasteiger charge is 2.47. The minimum atomic E-state index is -1.05. The lowest BCUT2D eigenvalue weighted by atomic mass is 9.85. The molecule has 8 heteroatoms. The lowest BCUT2D eigenvalue weighted by Crippen LogP contribution is -2.30. The number of benzene rings is 4. The second-order valence-electron chi connectivity index (χ2n) is 12.5. The number of para-hydroxylation sites is 1. The van der Waals surface area contributed by atoms with E-state index in [1.54, 1.807) is 67.6 Å². The lowest BCUT2D eigenvalue weighted by molar-refractivity contribution is -0.122. The molecule has 4 aromatic carbocycles. The van der Waals surface area contributed by atoms with Crippen LogP contribution in [-0.4, -0.2) is 34.7 Å². The predicted molar refractivity (Wildman–Crippen MR) is 186 cm³/mol. The maximum absolute atomic E-state index is 13.7. The summed E-state index contributed by atoms with van der Waals surface area (Å²) < 4.78 is 11.6. The van der Waals surface area contributed by atoms with E-state index in [0.717, 1.165) is 11.1 Å². The highest BCUT2D eigenvalue weighted by atomic mass is 16.5. The zero-order valence-electron chi connectivity index (χ0n) is 27.2. The predicted octanol–water partition coefficient (Wildman–Crippen LogP) is 7.67. The van der Waals surface area contributed by atoms with Gasteiger partial charge in [0.15, 0.2) is 6.10 Å². The van der Waals surface area contributed by atoms with Crippen molar-refractivity contribution in [3.8, 4) is 17.0 Å². The third kappa shape index (κ3) is 6.25. The molecule has 244 valence electrons. The van der Waals surface area contributed by atoms with Crippen LogP contribution < -0.4 is 9.64 Å². The van der Waals surface area contributed by atoms with Crippen molar-refractivity contribution in [2.75, 3.05) is 4.90 Å². The van der Waals surface area contributed by atoms with Crippen LogP contribution in [0.5, 0.6) is 5.75 Å². The van der Waals surface area contributed by atoms with Gasteiger partial charge >= 0.3 is 5.97 Å². The van der Waals surface area contributed by atoms with E-state index in [1.165, 1.54) is 4.90 Å². The number of pyridine rings is 1. The van der Waals surface area contributed by atoms with Gasteiger partial charge in [0, 0.05) is 16.5 Å². The minimum Gasteiger partial charge on any atom is -0.489 e. The average molecular weight is 651 g/mol. The second-order valence-corrected chi connectivity index (χ2v) is 12.5. The van der Waals surface area contributed by atoms with Crippen LogP contribution in [0.25, 0.3) is 22.2 Å². The maximum Gasteiger partial charge on any atom is 0.339 e. The van der Waals surface area contributed by atoms with Crippen LogP contribution in [0.4, 0.5) is 5.69 Å². The molecular formula is C41H34N2O6. The first-order valence-electron chi connectivity index (χ1n) is 16.3. The summed E-state index contributed by atoms with van der Waals surface area (Å²) in [4.78, 5) is 59.3. The Morgan fingerprint density at radius 2 is 1.51 bits per heavy atom. The minimum absolute atomic E-state index is 0.174. The van der Waals surface area contributed by atoms with Gasteiger partial charge in [-0.15, -0.1) is 0 Å². The summed E-state index contributed by atoms with van der Waals surface area (Å²) >= 11 is 0. The largest absolute Gasteiger partial charge is 0.489 e. The summed E-state index contributed by atoms with van der Waals surface area (Å²) in [5.41, 5.74) is 4.92.